The fraction of sp³-hybridized carbons (Fsp3) is 0.577. The summed E-state index contributed by atoms with van der Waals surface area (Å²) < 4.78 is 10.3. The van der Waals surface area contributed by atoms with Crippen LogP contribution in [0.15, 0.2) is 41.1 Å². The Balaban J connectivity index is 1.22. The minimum Gasteiger partial charge on any atom is -0.450 e. The third-order valence-electron chi connectivity index (χ3n) is 7.85. The van der Waals surface area contributed by atoms with Gasteiger partial charge in [0, 0.05) is 44.2 Å². The molecule has 1 spiro atoms. The maximum Gasteiger partial charge on any atom is 0.409 e. The topological polar surface area (TPSA) is 79.1 Å². The third kappa shape index (κ3) is 4.56. The number of piperidine rings is 2. The van der Waals surface area contributed by atoms with E-state index < -0.39 is 0 Å². The number of rotatable bonds is 4. The minimum absolute atomic E-state index is 0.0195. The van der Waals surface area contributed by atoms with Crippen LogP contribution in [0.25, 0.3) is 0 Å². The molecule has 0 bridgehead atoms. The van der Waals surface area contributed by atoms with Crippen molar-refractivity contribution in [1.29, 1.82) is 0 Å². The average Bonchev–Trinajstić information content (AvgIpc) is 3.41. The summed E-state index contributed by atoms with van der Waals surface area (Å²) in [6, 6.07) is 10.2. The number of carbonyl (C=O) groups is 2. The Morgan fingerprint density at radius 3 is 2.56 bits per heavy atom. The predicted octanol–water partition coefficient (Wildman–Crippen LogP) is 3.53. The zero-order chi connectivity index (χ0) is 23.5. The zero-order valence-electron chi connectivity index (χ0n) is 19.9. The molecule has 2 aromatic rings. The lowest BCUT2D eigenvalue weighted by Crippen LogP contribution is -2.54. The van der Waals surface area contributed by atoms with Crippen LogP contribution in [0.2, 0.25) is 0 Å². The molecule has 3 aliphatic heterocycles. The number of amides is 2. The summed E-state index contributed by atoms with van der Waals surface area (Å²) in [6.07, 6.45) is 5.47. The molecule has 8 heteroatoms. The smallest absolute Gasteiger partial charge is 0.409 e. The highest BCUT2D eigenvalue weighted by molar-refractivity contribution is 5.91. The molecule has 0 unspecified atom stereocenters. The van der Waals surface area contributed by atoms with Crippen molar-refractivity contribution in [2.24, 2.45) is 5.92 Å². The summed E-state index contributed by atoms with van der Waals surface area (Å²) in [6.45, 7) is 8.31. The molecular formula is C26H34N4O4. The van der Waals surface area contributed by atoms with Crippen molar-refractivity contribution >= 4 is 12.0 Å². The van der Waals surface area contributed by atoms with Gasteiger partial charge in [-0.15, -0.1) is 0 Å². The van der Waals surface area contributed by atoms with Crippen molar-refractivity contribution in [2.45, 2.75) is 44.6 Å². The van der Waals surface area contributed by atoms with Gasteiger partial charge >= 0.3 is 6.09 Å². The molecule has 0 radical (unpaired) electrons. The van der Waals surface area contributed by atoms with Crippen LogP contribution in [0.1, 0.15) is 54.3 Å². The summed E-state index contributed by atoms with van der Waals surface area (Å²) in [4.78, 5) is 31.4. The Morgan fingerprint density at radius 2 is 1.85 bits per heavy atom. The number of nitrogens with zero attached hydrogens (tertiary/aromatic N) is 4. The van der Waals surface area contributed by atoms with E-state index in [-0.39, 0.29) is 17.4 Å². The molecule has 0 atom stereocenters. The molecule has 2 fully saturated rings. The standard InChI is InChI=1S/C26H34N4O4/c1-2-33-25(32)29-13-8-20(9-14-29)17-28-15-10-26(11-16-28)19-30(24(31)23-7-12-27-34-23)18-21-5-3-4-6-22(21)26/h3-7,12,20H,2,8-11,13-19H2,1H3. The number of hydrogen-bond acceptors (Lipinski definition) is 6. The van der Waals surface area contributed by atoms with Gasteiger partial charge in [0.15, 0.2) is 0 Å². The van der Waals surface area contributed by atoms with E-state index in [9.17, 15) is 9.59 Å². The van der Waals surface area contributed by atoms with E-state index in [0.717, 1.165) is 65.0 Å². The number of hydrogen-bond donors (Lipinski definition) is 0. The average molecular weight is 467 g/mol. The van der Waals surface area contributed by atoms with E-state index in [1.54, 1.807) is 6.07 Å². The highest BCUT2D eigenvalue weighted by Crippen LogP contribution is 2.42. The molecule has 4 heterocycles. The van der Waals surface area contributed by atoms with Gasteiger partial charge in [-0.05, 0) is 62.7 Å². The lowest BCUT2D eigenvalue weighted by Gasteiger charge is -2.49. The first-order valence-corrected chi connectivity index (χ1v) is 12.5. The summed E-state index contributed by atoms with van der Waals surface area (Å²) in [5, 5.41) is 3.72. The van der Waals surface area contributed by atoms with Gasteiger partial charge in [0.05, 0.1) is 12.8 Å². The monoisotopic (exact) mass is 466 g/mol. The Hall–Kier alpha value is -2.87. The molecule has 1 aromatic carbocycles. The summed E-state index contributed by atoms with van der Waals surface area (Å²) in [5.41, 5.74) is 2.62. The summed E-state index contributed by atoms with van der Waals surface area (Å²) in [7, 11) is 0. The normalized spacial score (nSPS) is 20.9. The van der Waals surface area contributed by atoms with Crippen LogP contribution in [-0.4, -0.2) is 77.7 Å². The fourth-order valence-electron chi connectivity index (χ4n) is 5.98. The molecule has 8 nitrogen and oxygen atoms in total. The predicted molar refractivity (Wildman–Crippen MR) is 126 cm³/mol. The molecule has 0 N–H and O–H groups in total. The first-order valence-electron chi connectivity index (χ1n) is 12.5. The van der Waals surface area contributed by atoms with Crippen LogP contribution >= 0.6 is 0 Å². The quantitative estimate of drug-likeness (QED) is 0.686. The van der Waals surface area contributed by atoms with Crippen molar-refractivity contribution in [1.82, 2.24) is 19.9 Å². The van der Waals surface area contributed by atoms with Gasteiger partial charge in [0.25, 0.3) is 5.91 Å². The maximum atomic E-state index is 13.1. The van der Waals surface area contributed by atoms with Crippen LogP contribution in [0.3, 0.4) is 0 Å². The number of ether oxygens (including phenoxy) is 1. The van der Waals surface area contributed by atoms with Crippen molar-refractivity contribution in [2.75, 3.05) is 45.9 Å². The number of likely N-dealkylation sites (tertiary alicyclic amines) is 2. The van der Waals surface area contributed by atoms with Crippen LogP contribution < -0.4 is 0 Å². The van der Waals surface area contributed by atoms with Gasteiger partial charge in [-0.2, -0.15) is 0 Å². The Morgan fingerprint density at radius 1 is 1.09 bits per heavy atom. The van der Waals surface area contributed by atoms with Crippen LogP contribution in [0, 0.1) is 5.92 Å². The van der Waals surface area contributed by atoms with E-state index in [4.69, 9.17) is 9.26 Å². The van der Waals surface area contributed by atoms with Crippen molar-refractivity contribution < 1.29 is 18.8 Å². The number of carbonyl (C=O) groups excluding carboxylic acids is 2. The Bertz CT molecular complexity index is 992. The van der Waals surface area contributed by atoms with E-state index in [2.05, 4.69) is 34.3 Å². The Kier molecular flexibility index (Phi) is 6.59. The molecule has 2 amide bonds. The highest BCUT2D eigenvalue weighted by Gasteiger charge is 2.43. The van der Waals surface area contributed by atoms with Crippen molar-refractivity contribution in [3.05, 3.63) is 53.4 Å². The first kappa shape index (κ1) is 22.9. The van der Waals surface area contributed by atoms with Crippen LogP contribution in [0.5, 0.6) is 0 Å². The molecular weight excluding hydrogens is 432 g/mol. The van der Waals surface area contributed by atoms with Gasteiger partial charge in [0.1, 0.15) is 0 Å². The first-order chi connectivity index (χ1) is 16.6. The van der Waals surface area contributed by atoms with E-state index >= 15 is 0 Å². The van der Waals surface area contributed by atoms with Gasteiger partial charge < -0.3 is 24.0 Å². The van der Waals surface area contributed by atoms with Gasteiger partial charge in [-0.1, -0.05) is 29.4 Å². The van der Waals surface area contributed by atoms with Crippen LogP contribution in [0.4, 0.5) is 4.79 Å². The number of benzene rings is 1. The lowest BCUT2D eigenvalue weighted by atomic mass is 9.68. The third-order valence-corrected chi connectivity index (χ3v) is 7.85. The number of aromatic nitrogens is 1. The van der Waals surface area contributed by atoms with Gasteiger partial charge in [-0.25, -0.2) is 4.79 Å². The minimum atomic E-state index is -0.179. The van der Waals surface area contributed by atoms with E-state index in [0.29, 0.717) is 24.8 Å². The number of fused-ring (bicyclic) bond motifs is 2. The molecule has 3 aliphatic rings. The molecule has 1 aromatic heterocycles. The molecule has 0 saturated carbocycles. The fourth-order valence-corrected chi connectivity index (χ4v) is 5.98. The van der Waals surface area contributed by atoms with E-state index in [1.807, 2.05) is 16.7 Å². The van der Waals surface area contributed by atoms with Gasteiger partial charge in [0.2, 0.25) is 5.76 Å². The zero-order valence-corrected chi connectivity index (χ0v) is 19.9. The highest BCUT2D eigenvalue weighted by atomic mass is 16.6. The second kappa shape index (κ2) is 9.78. The molecule has 0 aliphatic carbocycles. The lowest BCUT2D eigenvalue weighted by molar-refractivity contribution is 0.0503. The molecule has 182 valence electrons. The van der Waals surface area contributed by atoms with E-state index in [1.165, 1.54) is 17.3 Å². The summed E-state index contributed by atoms with van der Waals surface area (Å²) in [5.74, 6) is 0.839. The maximum absolute atomic E-state index is 13.1. The van der Waals surface area contributed by atoms with Crippen molar-refractivity contribution in [3.63, 3.8) is 0 Å². The summed E-state index contributed by atoms with van der Waals surface area (Å²) >= 11 is 0. The largest absolute Gasteiger partial charge is 0.450 e. The van der Waals surface area contributed by atoms with Crippen LogP contribution in [-0.2, 0) is 16.7 Å². The molecule has 5 rings (SSSR count). The SMILES string of the molecule is CCOC(=O)N1CCC(CN2CCC3(CC2)CN(C(=O)c2ccno2)Cc2ccccc23)CC1. The second-order valence-corrected chi connectivity index (χ2v) is 9.91. The molecule has 34 heavy (non-hydrogen) atoms. The van der Waals surface area contributed by atoms with Gasteiger partial charge in [-0.3, -0.25) is 4.79 Å². The Labute approximate surface area is 200 Å². The van der Waals surface area contributed by atoms with Crippen molar-refractivity contribution in [3.8, 4) is 0 Å². The molecule has 2 saturated heterocycles. The second-order valence-electron chi connectivity index (χ2n) is 9.91.